The minimum atomic E-state index is 0.311. The predicted molar refractivity (Wildman–Crippen MR) is 139 cm³/mol. The van der Waals surface area contributed by atoms with E-state index in [1.54, 1.807) is 7.11 Å². The Morgan fingerprint density at radius 1 is 0.812 bits per heavy atom. The molecule has 2 rings (SSSR count). The molecule has 0 aliphatic rings. The van der Waals surface area contributed by atoms with Crippen molar-refractivity contribution in [1.29, 1.82) is 5.26 Å². The van der Waals surface area contributed by atoms with Crippen LogP contribution in [0.25, 0.3) is 17.7 Å². The molecule has 0 saturated carbocycles. The number of rotatable bonds is 7. The lowest BCUT2D eigenvalue weighted by Gasteiger charge is -2.20. The van der Waals surface area contributed by atoms with E-state index >= 15 is 0 Å². The fourth-order valence-corrected chi connectivity index (χ4v) is 4.21. The Morgan fingerprint density at radius 3 is 1.72 bits per heavy atom. The first-order valence-electron chi connectivity index (χ1n) is 11.6. The molecule has 2 heteroatoms. The molecule has 0 aromatic heterocycles. The molecule has 2 aromatic rings. The first-order chi connectivity index (χ1) is 15.0. The van der Waals surface area contributed by atoms with Crippen LogP contribution in [-0.4, -0.2) is 7.11 Å². The zero-order valence-corrected chi connectivity index (χ0v) is 21.6. The maximum absolute atomic E-state index is 10.2. The summed E-state index contributed by atoms with van der Waals surface area (Å²) in [4.78, 5) is 0. The smallest absolute Gasteiger partial charge is 0.130 e. The fourth-order valence-electron chi connectivity index (χ4n) is 4.21. The zero-order chi connectivity index (χ0) is 24.2. The average molecular weight is 430 g/mol. The van der Waals surface area contributed by atoms with Gasteiger partial charge in [0.05, 0.1) is 18.8 Å². The van der Waals surface area contributed by atoms with E-state index in [0.717, 1.165) is 28.0 Å². The molecule has 2 aromatic carbocycles. The second kappa shape index (κ2) is 10.7. The zero-order valence-electron chi connectivity index (χ0n) is 21.6. The van der Waals surface area contributed by atoms with Crippen LogP contribution in [0.3, 0.4) is 0 Å². The highest BCUT2D eigenvalue weighted by Crippen LogP contribution is 2.37. The number of nitriles is 1. The Kier molecular flexibility index (Phi) is 8.51. The summed E-state index contributed by atoms with van der Waals surface area (Å²) in [6.45, 7) is 19.5. The number of methoxy groups -OCH3 is 1. The van der Waals surface area contributed by atoms with E-state index in [1.165, 1.54) is 22.3 Å². The molecule has 170 valence electrons. The Hall–Kier alpha value is -2.79. The third kappa shape index (κ3) is 5.71. The van der Waals surface area contributed by atoms with E-state index < -0.39 is 0 Å². The van der Waals surface area contributed by atoms with Crippen molar-refractivity contribution < 1.29 is 4.74 Å². The third-order valence-corrected chi connectivity index (χ3v) is 5.78. The lowest BCUT2D eigenvalue weighted by atomic mass is 9.86. The lowest BCUT2D eigenvalue weighted by Crippen LogP contribution is -2.02. The molecule has 0 amide bonds. The summed E-state index contributed by atoms with van der Waals surface area (Å²) >= 11 is 0. The monoisotopic (exact) mass is 429 g/mol. The van der Waals surface area contributed by atoms with Gasteiger partial charge in [0, 0.05) is 5.56 Å². The van der Waals surface area contributed by atoms with Crippen molar-refractivity contribution in [3.05, 3.63) is 68.8 Å². The van der Waals surface area contributed by atoms with Crippen molar-refractivity contribution in [2.24, 2.45) is 0 Å². The van der Waals surface area contributed by atoms with Gasteiger partial charge in [0.1, 0.15) is 5.75 Å². The second-order valence-corrected chi connectivity index (χ2v) is 9.90. The van der Waals surface area contributed by atoms with Crippen LogP contribution < -0.4 is 4.74 Å². The summed E-state index contributed by atoms with van der Waals surface area (Å²) in [7, 11) is 1.69. The minimum Gasteiger partial charge on any atom is -0.496 e. The molecule has 2 nitrogen and oxygen atoms in total. The van der Waals surface area contributed by atoms with Gasteiger partial charge in [-0.1, -0.05) is 71.4 Å². The van der Waals surface area contributed by atoms with Crippen molar-refractivity contribution in [2.75, 3.05) is 7.11 Å². The van der Waals surface area contributed by atoms with Gasteiger partial charge in [-0.15, -0.1) is 0 Å². The summed E-state index contributed by atoms with van der Waals surface area (Å²) in [5.74, 6) is 1.85. The highest BCUT2D eigenvalue weighted by molar-refractivity contribution is 5.93. The van der Waals surface area contributed by atoms with Crippen molar-refractivity contribution in [1.82, 2.24) is 0 Å². The van der Waals surface area contributed by atoms with Gasteiger partial charge in [0.15, 0.2) is 0 Å². The van der Waals surface area contributed by atoms with Gasteiger partial charge in [-0.05, 0) is 84.0 Å². The summed E-state index contributed by atoms with van der Waals surface area (Å²) in [6.07, 6.45) is 4.31. The molecule has 0 aliphatic carbocycles. The van der Waals surface area contributed by atoms with Gasteiger partial charge < -0.3 is 4.74 Å². The van der Waals surface area contributed by atoms with Crippen molar-refractivity contribution in [2.45, 2.75) is 80.1 Å². The van der Waals surface area contributed by atoms with Crippen LogP contribution in [0.5, 0.6) is 5.75 Å². The maximum Gasteiger partial charge on any atom is 0.130 e. The Balaban J connectivity index is 2.85. The summed E-state index contributed by atoms with van der Waals surface area (Å²) in [5, 5.41) is 10.2. The number of ether oxygens (including phenoxy) is 1. The Bertz CT molecular complexity index is 1070. The van der Waals surface area contributed by atoms with E-state index in [9.17, 15) is 5.26 Å². The number of aryl methyl sites for hydroxylation is 1. The fraction of sp³-hybridized carbons (Fsp3) is 0.433. The quantitative estimate of drug-likeness (QED) is 0.325. The Labute approximate surface area is 195 Å². The molecule has 0 aliphatic heterocycles. The van der Waals surface area contributed by atoms with Crippen LogP contribution in [0.15, 0.2) is 29.8 Å². The molecule has 0 N–H and O–H groups in total. The van der Waals surface area contributed by atoms with Gasteiger partial charge in [-0.3, -0.25) is 0 Å². The first-order valence-corrected chi connectivity index (χ1v) is 11.6. The molecule has 0 radical (unpaired) electrons. The number of allylic oxidation sites excluding steroid dienone is 2. The van der Waals surface area contributed by atoms with E-state index in [-0.39, 0.29) is 0 Å². The second-order valence-electron chi connectivity index (χ2n) is 9.90. The summed E-state index contributed by atoms with van der Waals surface area (Å²) < 4.78 is 5.82. The maximum atomic E-state index is 10.2. The molecule has 0 fully saturated rings. The van der Waals surface area contributed by atoms with Crippen LogP contribution in [0.2, 0.25) is 0 Å². The largest absolute Gasteiger partial charge is 0.496 e. The SMILES string of the molecule is COc1c(/C(C#N)=C/c2cc(C(C)C)c(C=C(C)C)cc2C(C)C)cc(C)cc1C(C)C. The number of benzene rings is 2. The first kappa shape index (κ1) is 25.5. The molecular weight excluding hydrogens is 390 g/mol. The van der Waals surface area contributed by atoms with E-state index in [0.29, 0.717) is 23.3 Å². The molecular formula is C30H39NO. The van der Waals surface area contributed by atoms with Crippen LogP contribution in [0.4, 0.5) is 0 Å². The van der Waals surface area contributed by atoms with Gasteiger partial charge in [-0.2, -0.15) is 5.26 Å². The molecule has 0 atom stereocenters. The summed E-state index contributed by atoms with van der Waals surface area (Å²) in [6, 6.07) is 11.3. The molecule has 0 spiro atoms. The topological polar surface area (TPSA) is 33.0 Å². The highest BCUT2D eigenvalue weighted by atomic mass is 16.5. The van der Waals surface area contributed by atoms with E-state index in [1.807, 2.05) is 0 Å². The van der Waals surface area contributed by atoms with Gasteiger partial charge in [0.25, 0.3) is 0 Å². The molecule has 0 bridgehead atoms. The normalized spacial score (nSPS) is 11.8. The van der Waals surface area contributed by atoms with Gasteiger partial charge in [0.2, 0.25) is 0 Å². The van der Waals surface area contributed by atoms with Crippen molar-refractivity contribution >= 4 is 17.7 Å². The third-order valence-electron chi connectivity index (χ3n) is 5.78. The van der Waals surface area contributed by atoms with Gasteiger partial charge >= 0.3 is 0 Å². The van der Waals surface area contributed by atoms with Crippen LogP contribution in [-0.2, 0) is 0 Å². The lowest BCUT2D eigenvalue weighted by molar-refractivity contribution is 0.406. The standard InChI is InChI=1S/C30H39NO/c1-18(2)11-23-15-27(20(5)6)24(16-26(23)19(3)4)14-25(17-31)29-13-22(9)12-28(21(7)8)30(29)32-10/h11-16,19-21H,1-10H3/b25-14+. The molecule has 32 heavy (non-hydrogen) atoms. The Morgan fingerprint density at radius 2 is 1.31 bits per heavy atom. The predicted octanol–water partition coefficient (Wildman–Crippen LogP) is 8.86. The van der Waals surface area contributed by atoms with E-state index in [4.69, 9.17) is 4.74 Å². The van der Waals surface area contributed by atoms with Crippen LogP contribution >= 0.6 is 0 Å². The van der Waals surface area contributed by atoms with Crippen molar-refractivity contribution in [3.8, 4) is 11.8 Å². The number of nitrogens with zero attached hydrogens (tertiary/aromatic N) is 1. The van der Waals surface area contributed by atoms with Crippen molar-refractivity contribution in [3.63, 3.8) is 0 Å². The number of hydrogen-bond acceptors (Lipinski definition) is 2. The van der Waals surface area contributed by atoms with Gasteiger partial charge in [-0.25, -0.2) is 0 Å². The van der Waals surface area contributed by atoms with Crippen LogP contribution in [0.1, 0.15) is 112 Å². The number of hydrogen-bond donors (Lipinski definition) is 0. The molecule has 0 heterocycles. The average Bonchev–Trinajstić information content (AvgIpc) is 2.70. The van der Waals surface area contributed by atoms with Crippen LogP contribution in [0, 0.1) is 18.3 Å². The van der Waals surface area contributed by atoms with E-state index in [2.05, 4.69) is 105 Å². The highest BCUT2D eigenvalue weighted by Gasteiger charge is 2.18. The molecule has 0 saturated heterocycles. The minimum absolute atomic E-state index is 0.311. The summed E-state index contributed by atoms with van der Waals surface area (Å²) in [5.41, 5.74) is 10.0. The molecule has 0 unspecified atom stereocenters.